The van der Waals surface area contributed by atoms with Gasteiger partial charge < -0.3 is 39.7 Å². The minimum Gasteiger partial charge on any atom is -0.463 e. The third-order valence-corrected chi connectivity index (χ3v) is 5.77. The highest BCUT2D eigenvalue weighted by molar-refractivity contribution is 5.69. The SMILES string of the molecule is CC/C=C\C/C=C\C/C=C\CCCCCCCC(=O)OC[C@@H](O)CO[C@@H]1O[C@@H](CO)[C@H](O)[C@@H](O)[C@@H]1O. The fourth-order valence-corrected chi connectivity index (χ4v) is 3.61. The van der Waals surface area contributed by atoms with E-state index in [2.05, 4.69) is 43.4 Å². The molecule has 0 radical (unpaired) electrons. The zero-order valence-corrected chi connectivity index (χ0v) is 21.5. The standard InChI is InChI=1S/C27H46O9/c1-2-3-4-5-6-7-8-9-10-11-12-13-14-15-16-17-23(30)34-19-21(29)20-35-27-26(33)25(32)24(31)22(18-28)36-27/h3-4,6-7,9-10,21-22,24-29,31-33H,2,5,8,11-20H2,1H3/b4-3-,7-6-,10-9-/t21-,22+,24+,25-,26+,27-/m1/s1. The van der Waals surface area contributed by atoms with Crippen molar-refractivity contribution in [2.75, 3.05) is 19.8 Å². The van der Waals surface area contributed by atoms with Crippen molar-refractivity contribution in [2.45, 2.75) is 108 Å². The Hall–Kier alpha value is -1.59. The number of unbranched alkanes of at least 4 members (excludes halogenated alkanes) is 5. The number of hydrogen-bond acceptors (Lipinski definition) is 9. The molecule has 208 valence electrons. The molecule has 0 saturated carbocycles. The molecule has 1 saturated heterocycles. The Morgan fingerprint density at radius 3 is 2.19 bits per heavy atom. The van der Waals surface area contributed by atoms with Gasteiger partial charge in [0, 0.05) is 6.42 Å². The predicted octanol–water partition coefficient (Wildman–Crippen LogP) is 2.30. The maximum Gasteiger partial charge on any atom is 0.305 e. The van der Waals surface area contributed by atoms with Crippen LogP contribution in [0, 0.1) is 0 Å². The molecule has 9 nitrogen and oxygen atoms in total. The third-order valence-electron chi connectivity index (χ3n) is 5.77. The van der Waals surface area contributed by atoms with Crippen molar-refractivity contribution in [2.24, 2.45) is 0 Å². The van der Waals surface area contributed by atoms with Gasteiger partial charge in [0.05, 0.1) is 13.2 Å². The van der Waals surface area contributed by atoms with Gasteiger partial charge in [-0.3, -0.25) is 4.79 Å². The molecule has 1 rings (SSSR count). The van der Waals surface area contributed by atoms with Gasteiger partial charge in [-0.15, -0.1) is 0 Å². The number of hydrogen-bond donors (Lipinski definition) is 5. The van der Waals surface area contributed by atoms with E-state index >= 15 is 0 Å². The van der Waals surface area contributed by atoms with Gasteiger partial charge in [0.15, 0.2) is 6.29 Å². The first-order valence-corrected chi connectivity index (χ1v) is 13.1. The van der Waals surface area contributed by atoms with Gasteiger partial charge in [0.1, 0.15) is 37.1 Å². The molecule has 0 amide bonds. The molecule has 1 aliphatic heterocycles. The average molecular weight is 515 g/mol. The van der Waals surface area contributed by atoms with Crippen molar-refractivity contribution in [1.29, 1.82) is 0 Å². The van der Waals surface area contributed by atoms with E-state index < -0.39 is 49.4 Å². The maximum atomic E-state index is 11.9. The lowest BCUT2D eigenvalue weighted by Gasteiger charge is -2.39. The van der Waals surface area contributed by atoms with Crippen LogP contribution in [0.1, 0.15) is 71.1 Å². The zero-order valence-electron chi connectivity index (χ0n) is 21.5. The van der Waals surface area contributed by atoms with Gasteiger partial charge >= 0.3 is 5.97 Å². The second kappa shape index (κ2) is 20.5. The molecule has 1 fully saturated rings. The number of aliphatic hydroxyl groups excluding tert-OH is 5. The summed E-state index contributed by atoms with van der Waals surface area (Å²) in [4.78, 5) is 11.9. The smallest absolute Gasteiger partial charge is 0.305 e. The second-order valence-electron chi connectivity index (χ2n) is 8.97. The first-order valence-electron chi connectivity index (χ1n) is 13.1. The maximum absolute atomic E-state index is 11.9. The van der Waals surface area contributed by atoms with Crippen LogP contribution in [-0.4, -0.2) is 88.1 Å². The van der Waals surface area contributed by atoms with Crippen molar-refractivity contribution < 1.29 is 44.5 Å². The highest BCUT2D eigenvalue weighted by Crippen LogP contribution is 2.22. The molecule has 1 heterocycles. The van der Waals surface area contributed by atoms with Gasteiger partial charge in [-0.05, 0) is 38.5 Å². The Kier molecular flexibility index (Phi) is 18.4. The number of ether oxygens (including phenoxy) is 3. The van der Waals surface area contributed by atoms with Crippen LogP contribution in [0.25, 0.3) is 0 Å². The zero-order chi connectivity index (χ0) is 26.6. The molecule has 0 aliphatic carbocycles. The van der Waals surface area contributed by atoms with Crippen LogP contribution < -0.4 is 0 Å². The Labute approximate surface area is 215 Å². The highest BCUT2D eigenvalue weighted by Gasteiger charge is 2.44. The molecule has 0 aromatic rings. The highest BCUT2D eigenvalue weighted by atomic mass is 16.7. The molecular weight excluding hydrogens is 468 g/mol. The van der Waals surface area contributed by atoms with Crippen LogP contribution in [0.2, 0.25) is 0 Å². The van der Waals surface area contributed by atoms with Crippen molar-refractivity contribution >= 4 is 5.97 Å². The van der Waals surface area contributed by atoms with Crippen molar-refractivity contribution in [3.63, 3.8) is 0 Å². The Morgan fingerprint density at radius 2 is 1.50 bits per heavy atom. The number of allylic oxidation sites excluding steroid dienone is 6. The van der Waals surface area contributed by atoms with E-state index in [0.717, 1.165) is 57.8 Å². The molecule has 1 aliphatic rings. The molecule has 0 spiro atoms. The van der Waals surface area contributed by atoms with Crippen LogP contribution >= 0.6 is 0 Å². The number of carbonyl (C=O) groups is 1. The molecule has 6 atom stereocenters. The average Bonchev–Trinajstić information content (AvgIpc) is 2.88. The monoisotopic (exact) mass is 514 g/mol. The van der Waals surface area contributed by atoms with E-state index in [0.29, 0.717) is 0 Å². The summed E-state index contributed by atoms with van der Waals surface area (Å²) < 4.78 is 15.5. The largest absolute Gasteiger partial charge is 0.463 e. The lowest BCUT2D eigenvalue weighted by atomic mass is 9.99. The summed E-state index contributed by atoms with van der Waals surface area (Å²) in [5.41, 5.74) is 0. The number of rotatable bonds is 19. The molecule has 0 aromatic carbocycles. The third kappa shape index (κ3) is 14.2. The summed E-state index contributed by atoms with van der Waals surface area (Å²) in [6, 6.07) is 0. The van der Waals surface area contributed by atoms with Crippen molar-refractivity contribution in [1.82, 2.24) is 0 Å². The summed E-state index contributed by atoms with van der Waals surface area (Å²) in [6.45, 7) is 0.964. The van der Waals surface area contributed by atoms with Gasteiger partial charge in [0.2, 0.25) is 0 Å². The van der Waals surface area contributed by atoms with Crippen LogP contribution in [0.4, 0.5) is 0 Å². The van der Waals surface area contributed by atoms with Crippen LogP contribution in [0.5, 0.6) is 0 Å². The van der Waals surface area contributed by atoms with E-state index in [-0.39, 0.29) is 19.6 Å². The van der Waals surface area contributed by atoms with E-state index in [1.54, 1.807) is 0 Å². The number of carbonyl (C=O) groups excluding carboxylic acids is 1. The Balaban J connectivity index is 2.02. The van der Waals surface area contributed by atoms with Crippen LogP contribution in [-0.2, 0) is 19.0 Å². The topological polar surface area (TPSA) is 146 Å². The van der Waals surface area contributed by atoms with E-state index in [1.807, 2.05) is 0 Å². The fraction of sp³-hybridized carbons (Fsp3) is 0.741. The molecule has 9 heteroatoms. The molecule has 0 unspecified atom stereocenters. The van der Waals surface area contributed by atoms with Gasteiger partial charge in [0.25, 0.3) is 0 Å². The van der Waals surface area contributed by atoms with Crippen molar-refractivity contribution in [3.8, 4) is 0 Å². The summed E-state index contributed by atoms with van der Waals surface area (Å²) >= 11 is 0. The van der Waals surface area contributed by atoms with E-state index in [4.69, 9.17) is 19.3 Å². The minimum atomic E-state index is -1.56. The predicted molar refractivity (Wildman–Crippen MR) is 136 cm³/mol. The number of esters is 1. The van der Waals surface area contributed by atoms with Crippen molar-refractivity contribution in [3.05, 3.63) is 36.5 Å². The first kappa shape index (κ1) is 32.4. The Morgan fingerprint density at radius 1 is 0.861 bits per heavy atom. The quantitative estimate of drug-likeness (QED) is 0.0995. The number of aliphatic hydroxyl groups is 5. The van der Waals surface area contributed by atoms with Gasteiger partial charge in [-0.25, -0.2) is 0 Å². The van der Waals surface area contributed by atoms with Crippen LogP contribution in [0.15, 0.2) is 36.5 Å². The van der Waals surface area contributed by atoms with Gasteiger partial charge in [-0.2, -0.15) is 0 Å². The summed E-state index contributed by atoms with van der Waals surface area (Å²) in [6.07, 6.45) is 14.3. The lowest BCUT2D eigenvalue weighted by Crippen LogP contribution is -2.59. The first-order chi connectivity index (χ1) is 17.4. The molecular formula is C27H46O9. The summed E-state index contributed by atoms with van der Waals surface area (Å²) in [5.74, 6) is -0.400. The molecule has 0 bridgehead atoms. The normalized spacial score (nSPS) is 25.8. The van der Waals surface area contributed by atoms with E-state index in [9.17, 15) is 25.2 Å². The van der Waals surface area contributed by atoms with Gasteiger partial charge in [-0.1, -0.05) is 62.6 Å². The lowest BCUT2D eigenvalue weighted by molar-refractivity contribution is -0.305. The minimum absolute atomic E-state index is 0.271. The van der Waals surface area contributed by atoms with Crippen LogP contribution in [0.3, 0.4) is 0 Å². The fourth-order valence-electron chi connectivity index (χ4n) is 3.61. The summed E-state index contributed by atoms with van der Waals surface area (Å²) in [7, 11) is 0. The Bertz CT molecular complexity index is 647. The summed E-state index contributed by atoms with van der Waals surface area (Å²) in [5, 5.41) is 48.5. The molecule has 5 N–H and O–H groups in total. The molecule has 36 heavy (non-hydrogen) atoms. The molecule has 0 aromatic heterocycles. The second-order valence-corrected chi connectivity index (χ2v) is 8.97. The van der Waals surface area contributed by atoms with E-state index in [1.165, 1.54) is 0 Å².